The van der Waals surface area contributed by atoms with E-state index < -0.39 is 17.6 Å². The van der Waals surface area contributed by atoms with Gasteiger partial charge in [-0.2, -0.15) is 0 Å². The van der Waals surface area contributed by atoms with E-state index in [0.29, 0.717) is 36.2 Å². The van der Waals surface area contributed by atoms with E-state index in [4.69, 9.17) is 0 Å². The molecule has 0 aliphatic heterocycles. The highest BCUT2D eigenvalue weighted by molar-refractivity contribution is 6.00. The van der Waals surface area contributed by atoms with E-state index in [1.165, 1.54) is 6.20 Å². The monoisotopic (exact) mass is 453 g/mol. The second-order valence-corrected chi connectivity index (χ2v) is 8.37. The molecule has 1 aliphatic carbocycles. The lowest BCUT2D eigenvalue weighted by Crippen LogP contribution is -2.24. The number of fused-ring (bicyclic) bond motifs is 1. The average molecular weight is 453 g/mol. The smallest absolute Gasteiger partial charge is 0.300 e. The van der Waals surface area contributed by atoms with E-state index in [2.05, 4.69) is 24.6 Å². The molecule has 4 aromatic rings. The zero-order chi connectivity index (χ0) is 23.0. The van der Waals surface area contributed by atoms with Crippen LogP contribution in [0.15, 0.2) is 52.2 Å². The summed E-state index contributed by atoms with van der Waals surface area (Å²) in [5.74, 6) is -3.64. The number of carbonyl (C=O) groups is 1. The minimum atomic E-state index is -2.69. The number of ketones is 1. The summed E-state index contributed by atoms with van der Waals surface area (Å²) >= 11 is 0. The number of hydrogen-bond donors (Lipinski definition) is 1. The van der Waals surface area contributed by atoms with Gasteiger partial charge in [0.25, 0.3) is 0 Å². The van der Waals surface area contributed by atoms with Crippen molar-refractivity contribution >= 4 is 16.8 Å². The fourth-order valence-electron chi connectivity index (χ4n) is 4.30. The molecular formula is C23H21F2N5O3. The van der Waals surface area contributed by atoms with Gasteiger partial charge in [-0.05, 0) is 43.5 Å². The van der Waals surface area contributed by atoms with Crippen LogP contribution in [0.1, 0.15) is 48.9 Å². The number of pyridine rings is 2. The van der Waals surface area contributed by atoms with Gasteiger partial charge >= 0.3 is 5.76 Å². The molecule has 1 saturated carbocycles. The molecule has 1 fully saturated rings. The Bertz CT molecular complexity index is 1360. The van der Waals surface area contributed by atoms with Gasteiger partial charge < -0.3 is 0 Å². The number of alkyl halides is 2. The Morgan fingerprint density at radius 2 is 2.00 bits per heavy atom. The zero-order valence-corrected chi connectivity index (χ0v) is 17.6. The number of carbonyl (C=O) groups excluding carboxylic acids is 1. The molecule has 0 amide bonds. The molecule has 33 heavy (non-hydrogen) atoms. The van der Waals surface area contributed by atoms with E-state index in [-0.39, 0.29) is 30.9 Å². The normalized spacial score (nSPS) is 18.7. The van der Waals surface area contributed by atoms with Crippen molar-refractivity contribution in [2.75, 3.05) is 0 Å². The molecule has 1 aliphatic rings. The molecule has 170 valence electrons. The Morgan fingerprint density at radius 3 is 2.76 bits per heavy atom. The van der Waals surface area contributed by atoms with Crippen LogP contribution in [0.5, 0.6) is 0 Å². The molecule has 8 nitrogen and oxygen atoms in total. The van der Waals surface area contributed by atoms with Crippen molar-refractivity contribution in [1.82, 2.24) is 24.7 Å². The first kappa shape index (κ1) is 21.2. The summed E-state index contributed by atoms with van der Waals surface area (Å²) in [5, 5.41) is 4.38. The summed E-state index contributed by atoms with van der Waals surface area (Å²) in [6.45, 7) is 0. The van der Waals surface area contributed by atoms with Crippen LogP contribution >= 0.6 is 0 Å². The molecule has 5 rings (SSSR count). The van der Waals surface area contributed by atoms with E-state index >= 15 is 0 Å². The molecule has 4 aromatic heterocycles. The highest BCUT2D eigenvalue weighted by Crippen LogP contribution is 2.34. The van der Waals surface area contributed by atoms with E-state index in [0.717, 1.165) is 11.1 Å². The maximum atomic E-state index is 13.8. The lowest BCUT2D eigenvalue weighted by atomic mass is 9.85. The predicted molar refractivity (Wildman–Crippen MR) is 115 cm³/mol. The summed E-state index contributed by atoms with van der Waals surface area (Å²) in [5.41, 5.74) is 2.26. The summed E-state index contributed by atoms with van der Waals surface area (Å²) in [4.78, 5) is 35.4. The van der Waals surface area contributed by atoms with Crippen molar-refractivity contribution in [1.29, 1.82) is 0 Å². The van der Waals surface area contributed by atoms with Crippen molar-refractivity contribution in [3.05, 3.63) is 59.0 Å². The first-order valence-electron chi connectivity index (χ1n) is 10.8. The van der Waals surface area contributed by atoms with E-state index in [1.54, 1.807) is 24.4 Å². The molecule has 0 saturated heterocycles. The Balaban J connectivity index is 1.38. The predicted octanol–water partition coefficient (Wildman–Crippen LogP) is 4.55. The van der Waals surface area contributed by atoms with Crippen LogP contribution in [0.4, 0.5) is 8.78 Å². The quantitative estimate of drug-likeness (QED) is 0.454. The Labute approximate surface area is 186 Å². The van der Waals surface area contributed by atoms with Crippen molar-refractivity contribution < 1.29 is 18.1 Å². The Kier molecular flexibility index (Phi) is 5.35. The Morgan fingerprint density at radius 1 is 1.12 bits per heavy atom. The first-order chi connectivity index (χ1) is 15.9. The van der Waals surface area contributed by atoms with Gasteiger partial charge in [-0.3, -0.25) is 23.9 Å². The fourth-order valence-corrected chi connectivity index (χ4v) is 4.30. The van der Waals surface area contributed by atoms with Gasteiger partial charge in [-0.1, -0.05) is 11.6 Å². The summed E-state index contributed by atoms with van der Waals surface area (Å²) < 4.78 is 34.0. The van der Waals surface area contributed by atoms with E-state index in [9.17, 15) is 18.4 Å². The zero-order valence-electron chi connectivity index (χ0n) is 17.6. The van der Waals surface area contributed by atoms with Crippen molar-refractivity contribution in [3.63, 3.8) is 0 Å². The van der Waals surface area contributed by atoms with Crippen LogP contribution in [0.25, 0.3) is 28.2 Å². The maximum absolute atomic E-state index is 13.8. The third kappa shape index (κ3) is 4.33. The Hall–Kier alpha value is -3.69. The van der Waals surface area contributed by atoms with Crippen molar-refractivity contribution in [2.24, 2.45) is 5.92 Å². The molecule has 0 radical (unpaired) electrons. The number of H-pyrrole nitrogens is 1. The second kappa shape index (κ2) is 8.34. The first-order valence-corrected chi connectivity index (χ1v) is 10.8. The topological polar surface area (TPSA) is 107 Å². The third-order valence-corrected chi connectivity index (χ3v) is 6.09. The van der Waals surface area contributed by atoms with Gasteiger partial charge in [-0.25, -0.2) is 18.6 Å². The molecule has 0 aromatic carbocycles. The van der Waals surface area contributed by atoms with Crippen molar-refractivity contribution in [3.8, 4) is 17.2 Å². The van der Waals surface area contributed by atoms with E-state index in [1.807, 2.05) is 16.8 Å². The lowest BCUT2D eigenvalue weighted by molar-refractivity contribution is -0.0277. The lowest BCUT2D eigenvalue weighted by Gasteiger charge is -2.24. The molecule has 0 bridgehead atoms. The molecule has 1 N–H and O–H groups in total. The minimum Gasteiger partial charge on any atom is -0.300 e. The minimum absolute atomic E-state index is 0.0959. The van der Waals surface area contributed by atoms with Gasteiger partial charge in [0.2, 0.25) is 11.7 Å². The second-order valence-electron chi connectivity index (χ2n) is 8.37. The SMILES string of the molecule is O=C(c1cnc2c(ccn2-c2ccc(-c3noc(=O)[nH]3)nc2)c1)C1CCCCC(F)(F)CC1. The van der Waals surface area contributed by atoms with Gasteiger partial charge in [0.15, 0.2) is 5.78 Å². The molecule has 1 unspecified atom stereocenters. The van der Waals surface area contributed by atoms with Crippen LogP contribution in [-0.2, 0) is 0 Å². The molecular weight excluding hydrogens is 432 g/mol. The van der Waals surface area contributed by atoms with Gasteiger partial charge in [0, 0.05) is 42.1 Å². The molecule has 4 heterocycles. The largest absolute Gasteiger partial charge is 0.439 e. The number of rotatable bonds is 4. The number of hydrogen-bond acceptors (Lipinski definition) is 6. The van der Waals surface area contributed by atoms with Crippen LogP contribution in [0.2, 0.25) is 0 Å². The standard InChI is InChI=1S/C23H21F2N5O3/c24-23(25)8-2-1-3-14(6-9-23)19(31)16-11-15-7-10-30(21(15)27-12-16)17-4-5-18(26-13-17)20-28-22(32)33-29-20/h4-5,7,10-14H,1-3,6,8-9H2,(H,28,29,32). The molecule has 1 atom stereocenters. The summed E-state index contributed by atoms with van der Waals surface area (Å²) in [6.07, 6.45) is 6.48. The van der Waals surface area contributed by atoms with Gasteiger partial charge in [-0.15, -0.1) is 0 Å². The maximum Gasteiger partial charge on any atom is 0.439 e. The van der Waals surface area contributed by atoms with Crippen LogP contribution in [0.3, 0.4) is 0 Å². The van der Waals surface area contributed by atoms with Gasteiger partial charge in [0.1, 0.15) is 11.3 Å². The number of Topliss-reactive ketones (excluding diaryl/α,β-unsaturated/α-hetero) is 1. The highest BCUT2D eigenvalue weighted by Gasteiger charge is 2.33. The van der Waals surface area contributed by atoms with Crippen molar-refractivity contribution in [2.45, 2.75) is 44.4 Å². The molecule has 10 heteroatoms. The highest BCUT2D eigenvalue weighted by atomic mass is 19.3. The number of aromatic amines is 1. The average Bonchev–Trinajstić information content (AvgIpc) is 3.43. The summed E-state index contributed by atoms with van der Waals surface area (Å²) in [7, 11) is 0. The number of nitrogens with one attached hydrogen (secondary N) is 1. The summed E-state index contributed by atoms with van der Waals surface area (Å²) in [6, 6.07) is 7.09. The van der Waals surface area contributed by atoms with Crippen LogP contribution in [-0.4, -0.2) is 36.4 Å². The van der Waals surface area contributed by atoms with Gasteiger partial charge in [0.05, 0.1) is 11.9 Å². The third-order valence-electron chi connectivity index (χ3n) is 6.09. The fraction of sp³-hybridized carbons (Fsp3) is 0.348. The van der Waals surface area contributed by atoms with Crippen LogP contribution in [0, 0.1) is 5.92 Å². The number of halogens is 2. The molecule has 0 spiro atoms. The number of aromatic nitrogens is 5. The van der Waals surface area contributed by atoms with Crippen LogP contribution < -0.4 is 5.76 Å². The number of nitrogens with zero attached hydrogens (tertiary/aromatic N) is 4.